The second-order valence-electron chi connectivity index (χ2n) is 4.07. The maximum absolute atomic E-state index is 13.6. The molecule has 1 N–H and O–H groups in total. The Balaban J connectivity index is 2.19. The molecule has 0 amide bonds. The van der Waals surface area contributed by atoms with Crippen LogP contribution in [0.3, 0.4) is 0 Å². The number of halogens is 1. The SMILES string of the molecule is OCCN(Cc1ccccc1F)c1ccccc1. The molecule has 94 valence electrons. The lowest BCUT2D eigenvalue weighted by Crippen LogP contribution is -2.26. The van der Waals surface area contributed by atoms with Gasteiger partial charge in [0.2, 0.25) is 0 Å². The van der Waals surface area contributed by atoms with E-state index < -0.39 is 0 Å². The van der Waals surface area contributed by atoms with Gasteiger partial charge in [0.15, 0.2) is 0 Å². The van der Waals surface area contributed by atoms with Crippen molar-refractivity contribution in [1.29, 1.82) is 0 Å². The summed E-state index contributed by atoms with van der Waals surface area (Å²) in [5, 5.41) is 9.11. The van der Waals surface area contributed by atoms with E-state index >= 15 is 0 Å². The molecule has 2 aromatic rings. The molecule has 0 aliphatic heterocycles. The molecule has 0 aliphatic rings. The average Bonchev–Trinajstić information content (AvgIpc) is 2.42. The molecule has 0 aliphatic carbocycles. The molecule has 0 saturated heterocycles. The maximum Gasteiger partial charge on any atom is 0.128 e. The van der Waals surface area contributed by atoms with Crippen LogP contribution < -0.4 is 4.90 Å². The van der Waals surface area contributed by atoms with Gasteiger partial charge in [-0.3, -0.25) is 0 Å². The van der Waals surface area contributed by atoms with E-state index in [0.29, 0.717) is 18.7 Å². The van der Waals surface area contributed by atoms with Gasteiger partial charge in [0.25, 0.3) is 0 Å². The standard InChI is InChI=1S/C15H16FNO/c16-15-9-5-4-6-13(15)12-17(10-11-18)14-7-2-1-3-8-14/h1-9,18H,10-12H2. The van der Waals surface area contributed by atoms with E-state index in [1.165, 1.54) is 6.07 Å². The zero-order valence-corrected chi connectivity index (χ0v) is 10.1. The third kappa shape index (κ3) is 3.08. The van der Waals surface area contributed by atoms with Crippen LogP contribution in [0.15, 0.2) is 54.6 Å². The summed E-state index contributed by atoms with van der Waals surface area (Å²) in [6.45, 7) is 0.985. The van der Waals surface area contributed by atoms with Crippen molar-refractivity contribution < 1.29 is 9.50 Å². The van der Waals surface area contributed by atoms with Crippen LogP contribution in [0.2, 0.25) is 0 Å². The molecule has 2 nitrogen and oxygen atoms in total. The van der Waals surface area contributed by atoms with Gasteiger partial charge in [-0.1, -0.05) is 36.4 Å². The van der Waals surface area contributed by atoms with Gasteiger partial charge in [0.05, 0.1) is 6.61 Å². The lowest BCUT2D eigenvalue weighted by Gasteiger charge is -2.24. The number of rotatable bonds is 5. The van der Waals surface area contributed by atoms with Crippen molar-refractivity contribution >= 4 is 5.69 Å². The Morgan fingerprint density at radius 2 is 1.61 bits per heavy atom. The van der Waals surface area contributed by atoms with Crippen molar-refractivity contribution in [3.8, 4) is 0 Å². The van der Waals surface area contributed by atoms with Crippen molar-refractivity contribution in [2.75, 3.05) is 18.1 Å². The van der Waals surface area contributed by atoms with E-state index in [1.807, 2.05) is 41.3 Å². The van der Waals surface area contributed by atoms with Crippen LogP contribution in [0.25, 0.3) is 0 Å². The first-order valence-corrected chi connectivity index (χ1v) is 5.95. The van der Waals surface area contributed by atoms with Gasteiger partial charge in [-0.2, -0.15) is 0 Å². The van der Waals surface area contributed by atoms with Crippen molar-refractivity contribution in [3.05, 3.63) is 66.0 Å². The summed E-state index contributed by atoms with van der Waals surface area (Å²) in [6, 6.07) is 16.4. The van der Waals surface area contributed by atoms with E-state index in [9.17, 15) is 4.39 Å². The number of benzene rings is 2. The Morgan fingerprint density at radius 1 is 0.944 bits per heavy atom. The topological polar surface area (TPSA) is 23.5 Å². The van der Waals surface area contributed by atoms with Gasteiger partial charge >= 0.3 is 0 Å². The van der Waals surface area contributed by atoms with Crippen molar-refractivity contribution in [3.63, 3.8) is 0 Å². The Hall–Kier alpha value is -1.87. The molecule has 0 spiro atoms. The molecule has 2 rings (SSSR count). The highest BCUT2D eigenvalue weighted by Gasteiger charge is 2.09. The molecule has 3 heteroatoms. The minimum atomic E-state index is -0.212. The summed E-state index contributed by atoms with van der Waals surface area (Å²) < 4.78 is 13.6. The van der Waals surface area contributed by atoms with Gasteiger partial charge in [0.1, 0.15) is 5.82 Å². The molecule has 0 fully saturated rings. The number of hydrogen-bond acceptors (Lipinski definition) is 2. The first kappa shape index (κ1) is 12.6. The first-order chi connectivity index (χ1) is 8.81. The largest absolute Gasteiger partial charge is 0.395 e. The van der Waals surface area contributed by atoms with Crippen molar-refractivity contribution in [2.24, 2.45) is 0 Å². The minimum absolute atomic E-state index is 0.0450. The molecule has 0 saturated carbocycles. The molecule has 0 bridgehead atoms. The van der Waals surface area contributed by atoms with Crippen LogP contribution in [0.1, 0.15) is 5.56 Å². The van der Waals surface area contributed by atoms with Crippen LogP contribution >= 0.6 is 0 Å². The third-order valence-electron chi connectivity index (χ3n) is 2.81. The third-order valence-corrected chi connectivity index (χ3v) is 2.81. The predicted octanol–water partition coefficient (Wildman–Crippen LogP) is 2.82. The Kier molecular flexibility index (Phi) is 4.31. The highest BCUT2D eigenvalue weighted by Crippen LogP contribution is 2.17. The molecule has 0 aromatic heterocycles. The quantitative estimate of drug-likeness (QED) is 0.875. The molecule has 0 heterocycles. The van der Waals surface area contributed by atoms with Crippen LogP contribution in [-0.4, -0.2) is 18.3 Å². The summed E-state index contributed by atoms with van der Waals surface area (Å²) >= 11 is 0. The summed E-state index contributed by atoms with van der Waals surface area (Å²) in [5.74, 6) is -0.212. The zero-order chi connectivity index (χ0) is 12.8. The fourth-order valence-corrected chi connectivity index (χ4v) is 1.89. The molecule has 0 radical (unpaired) electrons. The fourth-order valence-electron chi connectivity index (χ4n) is 1.89. The maximum atomic E-state index is 13.6. The van der Waals surface area contributed by atoms with Gasteiger partial charge in [0, 0.05) is 24.3 Å². The smallest absolute Gasteiger partial charge is 0.128 e. The lowest BCUT2D eigenvalue weighted by molar-refractivity contribution is 0.301. The second-order valence-corrected chi connectivity index (χ2v) is 4.07. The minimum Gasteiger partial charge on any atom is -0.395 e. The van der Waals surface area contributed by atoms with Crippen molar-refractivity contribution in [2.45, 2.75) is 6.54 Å². The van der Waals surface area contributed by atoms with E-state index in [1.54, 1.807) is 12.1 Å². The molecule has 0 atom stereocenters. The molecule has 0 unspecified atom stereocenters. The number of anilines is 1. The van der Waals surface area contributed by atoms with Crippen molar-refractivity contribution in [1.82, 2.24) is 0 Å². The summed E-state index contributed by atoms with van der Waals surface area (Å²) in [6.07, 6.45) is 0. The monoisotopic (exact) mass is 245 g/mol. The number of aliphatic hydroxyl groups is 1. The summed E-state index contributed by atoms with van der Waals surface area (Å²) in [5.41, 5.74) is 1.62. The molecular formula is C15H16FNO. The lowest BCUT2D eigenvalue weighted by atomic mass is 10.2. The van der Waals surface area contributed by atoms with E-state index in [-0.39, 0.29) is 12.4 Å². The second kappa shape index (κ2) is 6.17. The molecule has 2 aromatic carbocycles. The van der Waals surface area contributed by atoms with Crippen LogP contribution in [0.5, 0.6) is 0 Å². The molecule has 18 heavy (non-hydrogen) atoms. The highest BCUT2D eigenvalue weighted by atomic mass is 19.1. The Labute approximate surface area is 106 Å². The van der Waals surface area contributed by atoms with Gasteiger partial charge in [-0.15, -0.1) is 0 Å². The molecular weight excluding hydrogens is 229 g/mol. The van der Waals surface area contributed by atoms with Crippen LogP contribution in [0, 0.1) is 5.82 Å². The Morgan fingerprint density at radius 3 is 2.28 bits per heavy atom. The van der Waals surface area contributed by atoms with Crippen LogP contribution in [0.4, 0.5) is 10.1 Å². The number of hydrogen-bond donors (Lipinski definition) is 1. The van der Waals surface area contributed by atoms with E-state index in [4.69, 9.17) is 5.11 Å². The zero-order valence-electron chi connectivity index (χ0n) is 10.1. The number of aliphatic hydroxyl groups excluding tert-OH is 1. The first-order valence-electron chi connectivity index (χ1n) is 5.95. The number of para-hydroxylation sites is 1. The fraction of sp³-hybridized carbons (Fsp3) is 0.200. The van der Waals surface area contributed by atoms with E-state index in [2.05, 4.69) is 0 Å². The number of nitrogens with zero attached hydrogens (tertiary/aromatic N) is 1. The van der Waals surface area contributed by atoms with Gasteiger partial charge < -0.3 is 10.0 Å². The predicted molar refractivity (Wildman–Crippen MR) is 71.0 cm³/mol. The van der Waals surface area contributed by atoms with Gasteiger partial charge in [-0.25, -0.2) is 4.39 Å². The summed E-state index contributed by atoms with van der Waals surface area (Å²) in [7, 11) is 0. The van der Waals surface area contributed by atoms with Crippen LogP contribution in [-0.2, 0) is 6.54 Å². The summed E-state index contributed by atoms with van der Waals surface area (Å²) in [4.78, 5) is 1.96. The van der Waals surface area contributed by atoms with Gasteiger partial charge in [-0.05, 0) is 18.2 Å². The normalized spacial score (nSPS) is 10.3. The Bertz CT molecular complexity index is 487. The highest BCUT2D eigenvalue weighted by molar-refractivity contribution is 5.46. The average molecular weight is 245 g/mol. The van der Waals surface area contributed by atoms with E-state index in [0.717, 1.165) is 5.69 Å².